The number of amides is 1. The van der Waals surface area contributed by atoms with E-state index in [1.54, 1.807) is 31.2 Å². The Kier molecular flexibility index (Phi) is 6.20. The zero-order valence-electron chi connectivity index (χ0n) is 17.3. The molecule has 1 fully saturated rings. The first-order valence-electron chi connectivity index (χ1n) is 9.89. The monoisotopic (exact) mass is 475 g/mol. The molecule has 3 heterocycles. The molecule has 0 aliphatic carbocycles. The number of carbonyl (C=O) groups excluding carboxylic acids is 1. The minimum atomic E-state index is -2.94. The molecule has 1 aromatic carbocycles. The lowest BCUT2D eigenvalue weighted by Crippen LogP contribution is -2.37. The highest BCUT2D eigenvalue weighted by atomic mass is 35.5. The van der Waals surface area contributed by atoms with Gasteiger partial charge in [-0.1, -0.05) is 11.6 Å². The van der Waals surface area contributed by atoms with Crippen molar-refractivity contribution in [3.8, 4) is 11.8 Å². The lowest BCUT2D eigenvalue weighted by molar-refractivity contribution is 0.0940. The molecule has 12 heteroatoms. The number of nitriles is 1. The molecule has 1 N–H and O–H groups in total. The summed E-state index contributed by atoms with van der Waals surface area (Å²) in [5, 5.41) is 16.3. The molecule has 1 aliphatic heterocycles. The topological polar surface area (TPSA) is 99.7 Å². The van der Waals surface area contributed by atoms with Gasteiger partial charge in [-0.3, -0.25) is 4.79 Å². The van der Waals surface area contributed by atoms with E-state index in [2.05, 4.69) is 20.4 Å². The van der Waals surface area contributed by atoms with Gasteiger partial charge in [0.15, 0.2) is 11.6 Å². The predicted molar refractivity (Wildman–Crippen MR) is 113 cm³/mol. The van der Waals surface area contributed by atoms with Crippen LogP contribution in [0.4, 0.5) is 19.0 Å². The van der Waals surface area contributed by atoms with Gasteiger partial charge in [-0.2, -0.15) is 10.4 Å². The smallest absolute Gasteiger partial charge is 0.280 e. The van der Waals surface area contributed by atoms with Crippen LogP contribution in [0.2, 0.25) is 5.02 Å². The van der Waals surface area contributed by atoms with E-state index in [9.17, 15) is 18.0 Å². The highest BCUT2D eigenvalue weighted by Crippen LogP contribution is 2.28. The third-order valence-corrected chi connectivity index (χ3v) is 5.51. The van der Waals surface area contributed by atoms with Gasteiger partial charge in [-0.15, -0.1) is 0 Å². The summed E-state index contributed by atoms with van der Waals surface area (Å²) in [6.45, 7) is 2.16. The van der Waals surface area contributed by atoms with Crippen molar-refractivity contribution >= 4 is 23.3 Å². The van der Waals surface area contributed by atoms with E-state index in [4.69, 9.17) is 16.9 Å². The van der Waals surface area contributed by atoms with E-state index in [1.807, 2.05) is 0 Å². The molecule has 3 aromatic rings. The number of hydrogen-bond acceptors (Lipinski definition) is 6. The fourth-order valence-corrected chi connectivity index (χ4v) is 3.83. The number of halogens is 4. The van der Waals surface area contributed by atoms with E-state index in [-0.39, 0.29) is 29.5 Å². The van der Waals surface area contributed by atoms with Gasteiger partial charge < -0.3 is 10.2 Å². The Bertz CT molecular complexity index is 1260. The molecular weight excluding hydrogens is 459 g/mol. The van der Waals surface area contributed by atoms with Gasteiger partial charge in [-0.05, 0) is 37.6 Å². The summed E-state index contributed by atoms with van der Waals surface area (Å²) >= 11 is 6.30. The standard InChI is InChI=1S/C21H17ClF3N7O/c1-11-27-10-32(30-11)14-2-3-15(16(22)7-14)21(33)28-13-4-5-31(9-13)20-18(23)12(8-26)6-17(29-20)19(24)25/h2-3,6-7,10,13,19H,4-5,9H2,1H3,(H,28,33)/t13-/m1/s1. The average molecular weight is 476 g/mol. The number of nitrogens with zero attached hydrogens (tertiary/aromatic N) is 6. The minimum absolute atomic E-state index is 0.140. The first-order valence-corrected chi connectivity index (χ1v) is 10.3. The lowest BCUT2D eigenvalue weighted by atomic mass is 10.1. The van der Waals surface area contributed by atoms with E-state index in [0.29, 0.717) is 17.9 Å². The number of benzene rings is 1. The van der Waals surface area contributed by atoms with Gasteiger partial charge in [0.25, 0.3) is 12.3 Å². The summed E-state index contributed by atoms with van der Waals surface area (Å²) in [7, 11) is 0. The summed E-state index contributed by atoms with van der Waals surface area (Å²) in [5.41, 5.74) is -0.300. The van der Waals surface area contributed by atoms with Crippen molar-refractivity contribution in [1.29, 1.82) is 5.26 Å². The molecule has 1 aliphatic rings. The van der Waals surface area contributed by atoms with Crippen molar-refractivity contribution in [3.63, 3.8) is 0 Å². The number of aromatic nitrogens is 4. The SMILES string of the molecule is Cc1ncn(-c2ccc(C(=O)N[C@@H]3CCN(c4nc(C(F)F)cc(C#N)c4F)C3)c(Cl)c2)n1. The molecule has 0 unspecified atom stereocenters. The van der Waals surface area contributed by atoms with Crippen LogP contribution in [0.15, 0.2) is 30.6 Å². The molecule has 0 radical (unpaired) electrons. The van der Waals surface area contributed by atoms with Crippen molar-refractivity contribution in [2.24, 2.45) is 0 Å². The summed E-state index contributed by atoms with van der Waals surface area (Å²) in [4.78, 5) is 21.9. The quantitative estimate of drug-likeness (QED) is 0.605. The van der Waals surface area contributed by atoms with Gasteiger partial charge in [-0.25, -0.2) is 27.8 Å². The molecule has 0 bridgehead atoms. The zero-order chi connectivity index (χ0) is 23.7. The molecule has 8 nitrogen and oxygen atoms in total. The van der Waals surface area contributed by atoms with Crippen LogP contribution in [-0.2, 0) is 0 Å². The van der Waals surface area contributed by atoms with E-state index < -0.39 is 35.4 Å². The number of carbonyl (C=O) groups is 1. The van der Waals surface area contributed by atoms with Crippen LogP contribution in [-0.4, -0.2) is 44.8 Å². The molecule has 1 saturated heterocycles. The van der Waals surface area contributed by atoms with E-state index in [1.165, 1.54) is 15.9 Å². The number of alkyl halides is 2. The van der Waals surface area contributed by atoms with Gasteiger partial charge >= 0.3 is 0 Å². The molecule has 0 spiro atoms. The third kappa shape index (κ3) is 4.61. The normalized spacial score (nSPS) is 15.7. The van der Waals surface area contributed by atoms with Crippen LogP contribution in [0.3, 0.4) is 0 Å². The summed E-state index contributed by atoms with van der Waals surface area (Å²) in [6, 6.07) is 6.74. The van der Waals surface area contributed by atoms with Crippen LogP contribution < -0.4 is 10.2 Å². The number of nitrogens with one attached hydrogen (secondary N) is 1. The summed E-state index contributed by atoms with van der Waals surface area (Å²) < 4.78 is 42.3. The second-order valence-electron chi connectivity index (χ2n) is 7.45. The van der Waals surface area contributed by atoms with Crippen LogP contribution in [0.25, 0.3) is 5.69 Å². The number of anilines is 1. The van der Waals surface area contributed by atoms with Crippen LogP contribution in [0, 0.1) is 24.1 Å². The Morgan fingerprint density at radius 1 is 1.36 bits per heavy atom. The van der Waals surface area contributed by atoms with Crippen molar-refractivity contribution in [2.45, 2.75) is 25.8 Å². The van der Waals surface area contributed by atoms with Crippen LogP contribution in [0.1, 0.15) is 40.3 Å². The predicted octanol–water partition coefficient (Wildman–Crippen LogP) is 3.58. The fourth-order valence-electron chi connectivity index (χ4n) is 3.57. The molecule has 170 valence electrons. The largest absolute Gasteiger partial charge is 0.352 e. The number of rotatable bonds is 5. The zero-order valence-corrected chi connectivity index (χ0v) is 18.0. The molecule has 0 saturated carbocycles. The minimum Gasteiger partial charge on any atom is -0.352 e. The average Bonchev–Trinajstić information content (AvgIpc) is 3.42. The van der Waals surface area contributed by atoms with Crippen LogP contribution in [0.5, 0.6) is 0 Å². The molecule has 1 atom stereocenters. The van der Waals surface area contributed by atoms with Crippen molar-refractivity contribution in [2.75, 3.05) is 18.0 Å². The maximum absolute atomic E-state index is 14.6. The van der Waals surface area contributed by atoms with Gasteiger partial charge in [0.1, 0.15) is 23.9 Å². The number of pyridine rings is 1. The van der Waals surface area contributed by atoms with Gasteiger partial charge in [0, 0.05) is 19.1 Å². The Morgan fingerprint density at radius 2 is 2.15 bits per heavy atom. The first-order chi connectivity index (χ1) is 15.8. The molecule has 4 rings (SSSR count). The highest BCUT2D eigenvalue weighted by Gasteiger charge is 2.29. The lowest BCUT2D eigenvalue weighted by Gasteiger charge is -2.20. The maximum Gasteiger partial charge on any atom is 0.280 e. The van der Waals surface area contributed by atoms with Crippen molar-refractivity contribution in [1.82, 2.24) is 25.1 Å². The Hall–Kier alpha value is -3.65. The van der Waals surface area contributed by atoms with Crippen LogP contribution >= 0.6 is 11.6 Å². The summed E-state index contributed by atoms with van der Waals surface area (Å²) in [6.07, 6.45) is -0.982. The number of hydrogen-bond donors (Lipinski definition) is 1. The second kappa shape index (κ2) is 9.07. The first kappa shape index (κ1) is 22.5. The van der Waals surface area contributed by atoms with Crippen molar-refractivity contribution < 1.29 is 18.0 Å². The molecule has 2 aromatic heterocycles. The molecular formula is C21H17ClF3N7O. The molecule has 1 amide bonds. The summed E-state index contributed by atoms with van der Waals surface area (Å²) in [5.74, 6) is -1.13. The van der Waals surface area contributed by atoms with E-state index >= 15 is 0 Å². The fraction of sp³-hybridized carbons (Fsp3) is 0.286. The van der Waals surface area contributed by atoms with Gasteiger partial charge in [0.05, 0.1) is 21.8 Å². The Labute approximate surface area is 191 Å². The maximum atomic E-state index is 14.6. The second-order valence-corrected chi connectivity index (χ2v) is 7.86. The third-order valence-electron chi connectivity index (χ3n) is 5.20. The molecule has 33 heavy (non-hydrogen) atoms. The Balaban J connectivity index is 1.47. The highest BCUT2D eigenvalue weighted by molar-refractivity contribution is 6.34. The Morgan fingerprint density at radius 3 is 2.79 bits per heavy atom. The van der Waals surface area contributed by atoms with Gasteiger partial charge in [0.2, 0.25) is 0 Å². The number of aryl methyl sites for hydroxylation is 1. The van der Waals surface area contributed by atoms with Crippen molar-refractivity contribution in [3.05, 3.63) is 64.1 Å². The van der Waals surface area contributed by atoms with E-state index in [0.717, 1.165) is 6.07 Å².